The van der Waals surface area contributed by atoms with E-state index in [1.807, 2.05) is 29.2 Å². The highest BCUT2D eigenvalue weighted by Gasteiger charge is 2.26. The van der Waals surface area contributed by atoms with Crippen molar-refractivity contribution in [2.75, 3.05) is 20.3 Å². The van der Waals surface area contributed by atoms with Gasteiger partial charge in [-0.3, -0.25) is 4.79 Å². The van der Waals surface area contributed by atoms with E-state index in [2.05, 4.69) is 0 Å². The molecule has 0 bridgehead atoms. The van der Waals surface area contributed by atoms with Crippen LogP contribution in [0.15, 0.2) is 24.3 Å². The maximum absolute atomic E-state index is 12.4. The molecule has 1 aromatic carbocycles. The summed E-state index contributed by atoms with van der Waals surface area (Å²) >= 11 is 0. The molecule has 0 saturated carbocycles. The number of aliphatic hydroxyl groups excluding tert-OH is 1. The molecule has 0 radical (unpaired) electrons. The van der Waals surface area contributed by atoms with E-state index in [9.17, 15) is 9.90 Å². The number of ether oxygens (including phenoxy) is 1. The molecular formula is C15H21NO3. The van der Waals surface area contributed by atoms with Gasteiger partial charge in [0.2, 0.25) is 5.91 Å². The standard InChI is InChI=1S/C15H21NO3/c1-19-14-8-3-2-6-12(14)10-15(18)16-9-5-4-7-13(16)11-17/h2-3,6,8,13,17H,4-5,7,9-11H2,1H3. The largest absolute Gasteiger partial charge is 0.496 e. The molecule has 1 fully saturated rings. The average Bonchev–Trinajstić information content (AvgIpc) is 2.47. The Morgan fingerprint density at radius 3 is 2.95 bits per heavy atom. The molecule has 1 N–H and O–H groups in total. The molecule has 1 heterocycles. The first kappa shape index (κ1) is 13.9. The van der Waals surface area contributed by atoms with Crippen LogP contribution in [0.25, 0.3) is 0 Å². The lowest BCUT2D eigenvalue weighted by atomic mass is 10.0. The van der Waals surface area contributed by atoms with Gasteiger partial charge in [-0.25, -0.2) is 0 Å². The van der Waals surface area contributed by atoms with Gasteiger partial charge in [0.05, 0.1) is 26.2 Å². The first-order valence-corrected chi connectivity index (χ1v) is 6.78. The Morgan fingerprint density at radius 2 is 2.21 bits per heavy atom. The number of hydrogen-bond acceptors (Lipinski definition) is 3. The number of hydrogen-bond donors (Lipinski definition) is 1. The molecule has 1 aliphatic rings. The fourth-order valence-corrected chi connectivity index (χ4v) is 2.63. The second-order valence-corrected chi connectivity index (χ2v) is 4.91. The van der Waals surface area contributed by atoms with E-state index in [4.69, 9.17) is 4.74 Å². The molecule has 1 aromatic rings. The molecular weight excluding hydrogens is 242 g/mol. The SMILES string of the molecule is COc1ccccc1CC(=O)N1CCCCC1CO. The summed E-state index contributed by atoms with van der Waals surface area (Å²) in [4.78, 5) is 14.2. The van der Waals surface area contributed by atoms with E-state index in [0.29, 0.717) is 6.42 Å². The Bertz CT molecular complexity index is 433. The lowest BCUT2D eigenvalue weighted by Gasteiger charge is -2.34. The summed E-state index contributed by atoms with van der Waals surface area (Å²) in [5.41, 5.74) is 0.900. The molecule has 0 spiro atoms. The zero-order chi connectivity index (χ0) is 13.7. The zero-order valence-electron chi connectivity index (χ0n) is 11.3. The number of carbonyl (C=O) groups excluding carboxylic acids is 1. The van der Waals surface area contributed by atoms with E-state index < -0.39 is 0 Å². The van der Waals surface area contributed by atoms with Gasteiger partial charge in [-0.15, -0.1) is 0 Å². The molecule has 1 unspecified atom stereocenters. The fourth-order valence-electron chi connectivity index (χ4n) is 2.63. The van der Waals surface area contributed by atoms with E-state index in [0.717, 1.165) is 37.1 Å². The van der Waals surface area contributed by atoms with Crippen LogP contribution in [0.5, 0.6) is 5.75 Å². The lowest BCUT2D eigenvalue weighted by Crippen LogP contribution is -2.46. The van der Waals surface area contributed by atoms with Crippen molar-refractivity contribution in [3.63, 3.8) is 0 Å². The van der Waals surface area contributed by atoms with Crippen LogP contribution in [-0.4, -0.2) is 42.2 Å². The van der Waals surface area contributed by atoms with Crippen LogP contribution >= 0.6 is 0 Å². The number of amides is 1. The highest BCUT2D eigenvalue weighted by molar-refractivity contribution is 5.80. The Balaban J connectivity index is 2.07. The average molecular weight is 263 g/mol. The molecule has 1 saturated heterocycles. The van der Waals surface area contributed by atoms with E-state index >= 15 is 0 Å². The van der Waals surface area contributed by atoms with Crippen molar-refractivity contribution < 1.29 is 14.6 Å². The highest BCUT2D eigenvalue weighted by atomic mass is 16.5. The number of methoxy groups -OCH3 is 1. The minimum atomic E-state index is -0.0176. The van der Waals surface area contributed by atoms with E-state index in [1.165, 1.54) is 0 Å². The molecule has 19 heavy (non-hydrogen) atoms. The summed E-state index contributed by atoms with van der Waals surface area (Å²) in [6.45, 7) is 0.802. The molecule has 1 aliphatic heterocycles. The van der Waals surface area contributed by atoms with Crippen molar-refractivity contribution in [1.29, 1.82) is 0 Å². The number of benzene rings is 1. The Hall–Kier alpha value is -1.55. The maximum Gasteiger partial charge on any atom is 0.227 e. The van der Waals surface area contributed by atoms with E-state index in [1.54, 1.807) is 7.11 Å². The summed E-state index contributed by atoms with van der Waals surface area (Å²) in [5, 5.41) is 9.36. The molecule has 0 aliphatic carbocycles. The van der Waals surface area contributed by atoms with Crippen molar-refractivity contribution in [2.45, 2.75) is 31.7 Å². The quantitative estimate of drug-likeness (QED) is 0.898. The lowest BCUT2D eigenvalue weighted by molar-refractivity contribution is -0.135. The van der Waals surface area contributed by atoms with Gasteiger partial charge < -0.3 is 14.7 Å². The Labute approximate surface area is 114 Å². The third-order valence-corrected chi connectivity index (χ3v) is 3.69. The number of aliphatic hydroxyl groups is 1. The van der Waals surface area contributed by atoms with Gasteiger partial charge in [0.15, 0.2) is 0 Å². The number of piperidine rings is 1. The summed E-state index contributed by atoms with van der Waals surface area (Å²) in [7, 11) is 1.61. The van der Waals surface area contributed by atoms with Crippen molar-refractivity contribution in [2.24, 2.45) is 0 Å². The minimum Gasteiger partial charge on any atom is -0.496 e. The first-order chi connectivity index (χ1) is 9.26. The summed E-state index contributed by atoms with van der Waals surface area (Å²) in [6.07, 6.45) is 3.34. The molecule has 1 amide bonds. The summed E-state index contributed by atoms with van der Waals surface area (Å²) in [5.74, 6) is 0.816. The first-order valence-electron chi connectivity index (χ1n) is 6.78. The van der Waals surface area contributed by atoms with Crippen LogP contribution in [0.3, 0.4) is 0 Å². The molecule has 1 atom stereocenters. The van der Waals surface area contributed by atoms with Crippen LogP contribution in [0.2, 0.25) is 0 Å². The van der Waals surface area contributed by atoms with Gasteiger partial charge in [0, 0.05) is 12.1 Å². The van der Waals surface area contributed by atoms with Crippen molar-refractivity contribution >= 4 is 5.91 Å². The Morgan fingerprint density at radius 1 is 1.42 bits per heavy atom. The highest BCUT2D eigenvalue weighted by Crippen LogP contribution is 2.21. The molecule has 4 heteroatoms. The van der Waals surface area contributed by atoms with Gasteiger partial charge in [-0.2, -0.15) is 0 Å². The second-order valence-electron chi connectivity index (χ2n) is 4.91. The number of para-hydroxylation sites is 1. The Kier molecular flexibility index (Phi) is 4.80. The van der Waals surface area contributed by atoms with E-state index in [-0.39, 0.29) is 18.6 Å². The molecule has 4 nitrogen and oxygen atoms in total. The van der Waals surface area contributed by atoms with Gasteiger partial charge in [-0.05, 0) is 25.3 Å². The van der Waals surface area contributed by atoms with Gasteiger partial charge in [-0.1, -0.05) is 18.2 Å². The predicted molar refractivity (Wildman–Crippen MR) is 73.1 cm³/mol. The predicted octanol–water partition coefficient (Wildman–Crippen LogP) is 1.61. The third kappa shape index (κ3) is 3.26. The minimum absolute atomic E-state index is 0.0176. The summed E-state index contributed by atoms with van der Waals surface area (Å²) < 4.78 is 5.27. The topological polar surface area (TPSA) is 49.8 Å². The van der Waals surface area contributed by atoms with Crippen LogP contribution < -0.4 is 4.74 Å². The van der Waals surface area contributed by atoms with Crippen molar-refractivity contribution in [3.05, 3.63) is 29.8 Å². The number of rotatable bonds is 4. The fraction of sp³-hybridized carbons (Fsp3) is 0.533. The van der Waals surface area contributed by atoms with Crippen molar-refractivity contribution in [3.8, 4) is 5.75 Å². The molecule has 104 valence electrons. The maximum atomic E-state index is 12.4. The number of likely N-dealkylation sites (tertiary alicyclic amines) is 1. The third-order valence-electron chi connectivity index (χ3n) is 3.69. The molecule has 0 aromatic heterocycles. The van der Waals surface area contributed by atoms with Crippen LogP contribution in [-0.2, 0) is 11.2 Å². The normalized spacial score (nSPS) is 19.3. The smallest absolute Gasteiger partial charge is 0.227 e. The van der Waals surface area contributed by atoms with Crippen LogP contribution in [0, 0.1) is 0 Å². The number of carbonyl (C=O) groups is 1. The van der Waals surface area contributed by atoms with Crippen molar-refractivity contribution in [1.82, 2.24) is 4.90 Å². The van der Waals surface area contributed by atoms with Gasteiger partial charge >= 0.3 is 0 Å². The second kappa shape index (κ2) is 6.57. The van der Waals surface area contributed by atoms with Gasteiger partial charge in [0.1, 0.15) is 5.75 Å². The molecule has 2 rings (SSSR count). The summed E-state index contributed by atoms with van der Waals surface area (Å²) in [6, 6.07) is 7.56. The van der Waals surface area contributed by atoms with Crippen LogP contribution in [0.1, 0.15) is 24.8 Å². The number of nitrogens with zero attached hydrogens (tertiary/aromatic N) is 1. The monoisotopic (exact) mass is 263 g/mol. The van der Waals surface area contributed by atoms with Gasteiger partial charge in [0.25, 0.3) is 0 Å². The zero-order valence-corrected chi connectivity index (χ0v) is 11.3. The van der Waals surface area contributed by atoms with Crippen LogP contribution in [0.4, 0.5) is 0 Å².